The monoisotopic (exact) mass is 391 g/mol. The number of nitrogens with zero attached hydrogens (tertiary/aromatic N) is 5. The summed E-state index contributed by atoms with van der Waals surface area (Å²) in [6.07, 6.45) is 0.835. The number of ether oxygens (including phenoxy) is 1. The minimum absolute atomic E-state index is 0.0339. The summed E-state index contributed by atoms with van der Waals surface area (Å²) >= 11 is 0. The molecule has 0 unspecified atom stereocenters. The van der Waals surface area contributed by atoms with Crippen LogP contribution in [0.1, 0.15) is 47.0 Å². The van der Waals surface area contributed by atoms with E-state index in [1.807, 2.05) is 19.1 Å². The Labute approximate surface area is 166 Å². The quantitative estimate of drug-likeness (QED) is 0.532. The van der Waals surface area contributed by atoms with Crippen molar-refractivity contribution in [2.75, 3.05) is 6.61 Å². The van der Waals surface area contributed by atoms with Gasteiger partial charge >= 0.3 is 5.69 Å². The van der Waals surface area contributed by atoms with Crippen LogP contribution >= 0.6 is 0 Å². The molecule has 1 aliphatic rings. The molecule has 4 heterocycles. The van der Waals surface area contributed by atoms with Crippen LogP contribution in [0.2, 0.25) is 0 Å². The molecule has 0 N–H and O–H groups in total. The molecule has 0 radical (unpaired) electrons. The lowest BCUT2D eigenvalue weighted by Gasteiger charge is -2.09. The van der Waals surface area contributed by atoms with Crippen LogP contribution in [0, 0.1) is 13.8 Å². The number of pyridine rings is 1. The van der Waals surface area contributed by atoms with Crippen LogP contribution in [0.4, 0.5) is 0 Å². The third kappa shape index (κ3) is 3.25. The van der Waals surface area contributed by atoms with E-state index in [1.165, 1.54) is 10.2 Å². The molecule has 3 aromatic heterocycles. The van der Waals surface area contributed by atoms with Crippen molar-refractivity contribution < 1.29 is 9.26 Å². The second-order valence-electron chi connectivity index (χ2n) is 7.51. The van der Waals surface area contributed by atoms with Gasteiger partial charge < -0.3 is 9.26 Å². The van der Waals surface area contributed by atoms with Crippen LogP contribution in [-0.2, 0) is 11.3 Å². The minimum atomic E-state index is -0.221. The molecule has 5 rings (SSSR count). The Morgan fingerprint density at radius 1 is 1.14 bits per heavy atom. The number of aromatic nitrogens is 5. The van der Waals surface area contributed by atoms with Crippen LogP contribution in [0.25, 0.3) is 5.65 Å². The summed E-state index contributed by atoms with van der Waals surface area (Å²) in [7, 11) is 0. The molecule has 1 aromatic carbocycles. The van der Waals surface area contributed by atoms with Gasteiger partial charge in [0.05, 0.1) is 12.7 Å². The highest BCUT2D eigenvalue weighted by Crippen LogP contribution is 2.37. The van der Waals surface area contributed by atoms with E-state index in [2.05, 4.69) is 46.4 Å². The van der Waals surface area contributed by atoms with Gasteiger partial charge in [-0.1, -0.05) is 41.1 Å². The van der Waals surface area contributed by atoms with Crippen LogP contribution in [-0.4, -0.2) is 30.9 Å². The maximum absolute atomic E-state index is 12.6. The highest BCUT2D eigenvalue weighted by molar-refractivity contribution is 5.38. The number of benzene rings is 1. The second kappa shape index (κ2) is 6.97. The fourth-order valence-electron chi connectivity index (χ4n) is 3.76. The number of hydrogen-bond acceptors (Lipinski definition) is 6. The fraction of sp³-hybridized carbons (Fsp3) is 0.333. The van der Waals surface area contributed by atoms with Crippen LogP contribution in [0.3, 0.4) is 0 Å². The standard InChI is InChI=1S/C21H21N5O3/c1-13-6-8-15(9-7-13)17-10-16(12-28-17)20-22-19(29-24-20)11-25-21(27)26-14(2)4-3-5-18(26)23-25/h3-9,16-17H,10-12H2,1-2H3/t16-,17+/m0/s1. The van der Waals surface area contributed by atoms with Gasteiger partial charge in [0.1, 0.15) is 6.54 Å². The lowest BCUT2D eigenvalue weighted by atomic mass is 9.99. The highest BCUT2D eigenvalue weighted by Gasteiger charge is 2.31. The zero-order valence-corrected chi connectivity index (χ0v) is 16.3. The predicted octanol–water partition coefficient (Wildman–Crippen LogP) is 2.79. The number of aryl methyl sites for hydroxylation is 2. The number of hydrogen-bond donors (Lipinski definition) is 0. The van der Waals surface area contributed by atoms with Crippen molar-refractivity contribution in [1.82, 2.24) is 24.3 Å². The molecular formula is C21H21N5O3. The van der Waals surface area contributed by atoms with Gasteiger partial charge in [-0.3, -0.25) is 0 Å². The van der Waals surface area contributed by atoms with Crippen molar-refractivity contribution in [3.05, 3.63) is 81.5 Å². The van der Waals surface area contributed by atoms with E-state index in [0.717, 1.165) is 17.7 Å². The van der Waals surface area contributed by atoms with Gasteiger partial charge in [-0.15, -0.1) is 5.10 Å². The molecule has 0 amide bonds. The molecule has 1 aliphatic heterocycles. The molecule has 2 atom stereocenters. The van der Waals surface area contributed by atoms with Crippen molar-refractivity contribution in [2.45, 2.75) is 38.8 Å². The third-order valence-electron chi connectivity index (χ3n) is 5.38. The first-order chi connectivity index (χ1) is 14.1. The molecule has 4 aromatic rings. The summed E-state index contributed by atoms with van der Waals surface area (Å²) in [5, 5.41) is 8.47. The van der Waals surface area contributed by atoms with Crippen LogP contribution in [0.15, 0.2) is 51.8 Å². The summed E-state index contributed by atoms with van der Waals surface area (Å²) in [6.45, 7) is 4.63. The van der Waals surface area contributed by atoms with Crippen molar-refractivity contribution >= 4 is 5.65 Å². The Hall–Kier alpha value is -3.26. The van der Waals surface area contributed by atoms with Crippen molar-refractivity contribution in [2.24, 2.45) is 0 Å². The van der Waals surface area contributed by atoms with Crippen molar-refractivity contribution in [1.29, 1.82) is 0 Å². The van der Waals surface area contributed by atoms with E-state index in [-0.39, 0.29) is 24.3 Å². The van der Waals surface area contributed by atoms with E-state index in [1.54, 1.807) is 10.5 Å². The Kier molecular flexibility index (Phi) is 4.28. The molecule has 0 spiro atoms. The lowest BCUT2D eigenvalue weighted by Crippen LogP contribution is -2.22. The molecule has 8 heteroatoms. The zero-order chi connectivity index (χ0) is 20.0. The normalized spacial score (nSPS) is 19.2. The summed E-state index contributed by atoms with van der Waals surface area (Å²) in [6, 6.07) is 13.9. The Morgan fingerprint density at radius 3 is 2.76 bits per heavy atom. The fourth-order valence-corrected chi connectivity index (χ4v) is 3.76. The smallest absolute Gasteiger partial charge is 0.351 e. The van der Waals surface area contributed by atoms with Crippen LogP contribution in [0.5, 0.6) is 0 Å². The average Bonchev–Trinajstić information content (AvgIpc) is 3.43. The molecule has 0 aliphatic carbocycles. The first-order valence-corrected chi connectivity index (χ1v) is 9.64. The molecule has 1 saturated heterocycles. The van der Waals surface area contributed by atoms with Crippen molar-refractivity contribution in [3.8, 4) is 0 Å². The van der Waals surface area contributed by atoms with E-state index < -0.39 is 0 Å². The maximum Gasteiger partial charge on any atom is 0.351 e. The van der Waals surface area contributed by atoms with Crippen LogP contribution < -0.4 is 5.69 Å². The first-order valence-electron chi connectivity index (χ1n) is 9.64. The molecule has 29 heavy (non-hydrogen) atoms. The predicted molar refractivity (Wildman–Crippen MR) is 105 cm³/mol. The minimum Gasteiger partial charge on any atom is -0.373 e. The summed E-state index contributed by atoms with van der Waals surface area (Å²) < 4.78 is 14.3. The summed E-state index contributed by atoms with van der Waals surface area (Å²) in [5.41, 5.74) is 3.59. The lowest BCUT2D eigenvalue weighted by molar-refractivity contribution is 0.110. The molecule has 8 nitrogen and oxygen atoms in total. The number of rotatable bonds is 4. The van der Waals surface area contributed by atoms with Gasteiger partial charge in [-0.25, -0.2) is 13.9 Å². The van der Waals surface area contributed by atoms with E-state index in [9.17, 15) is 4.79 Å². The van der Waals surface area contributed by atoms with Gasteiger partial charge in [0.25, 0.3) is 0 Å². The molecule has 148 valence electrons. The SMILES string of the molecule is Cc1ccc([C@H]2C[C@H](c3noc(Cn4nc5cccc(C)n5c4=O)n3)CO2)cc1. The van der Waals surface area contributed by atoms with Gasteiger partial charge in [0, 0.05) is 11.6 Å². The van der Waals surface area contributed by atoms with E-state index in [0.29, 0.717) is 24.0 Å². The van der Waals surface area contributed by atoms with Gasteiger partial charge in [0.2, 0.25) is 5.89 Å². The molecule has 0 bridgehead atoms. The largest absolute Gasteiger partial charge is 0.373 e. The van der Waals surface area contributed by atoms with Crippen molar-refractivity contribution in [3.63, 3.8) is 0 Å². The number of fused-ring (bicyclic) bond motifs is 1. The van der Waals surface area contributed by atoms with Gasteiger partial charge in [0.15, 0.2) is 11.5 Å². The summed E-state index contributed by atoms with van der Waals surface area (Å²) in [5.74, 6) is 1.04. The van der Waals surface area contributed by atoms with Gasteiger partial charge in [-0.05, 0) is 38.0 Å². The second-order valence-corrected chi connectivity index (χ2v) is 7.51. The Morgan fingerprint density at radius 2 is 1.97 bits per heavy atom. The molecular weight excluding hydrogens is 370 g/mol. The Bertz CT molecular complexity index is 1220. The highest BCUT2D eigenvalue weighted by atomic mass is 16.5. The molecule has 0 saturated carbocycles. The Balaban J connectivity index is 1.33. The maximum atomic E-state index is 12.6. The summed E-state index contributed by atoms with van der Waals surface area (Å²) in [4.78, 5) is 17.1. The topological polar surface area (TPSA) is 87.5 Å². The third-order valence-corrected chi connectivity index (χ3v) is 5.38. The average molecular weight is 391 g/mol. The zero-order valence-electron chi connectivity index (χ0n) is 16.3. The van der Waals surface area contributed by atoms with Gasteiger partial charge in [-0.2, -0.15) is 4.98 Å². The van der Waals surface area contributed by atoms with E-state index in [4.69, 9.17) is 9.26 Å². The molecule has 1 fully saturated rings. The first kappa shape index (κ1) is 17.8. The van der Waals surface area contributed by atoms with E-state index >= 15 is 0 Å².